The summed E-state index contributed by atoms with van der Waals surface area (Å²) in [5, 5.41) is 22.7. The number of carbonyl (C=O) groups is 2. The minimum atomic E-state index is -0.830. The molecule has 0 aromatic heterocycles. The van der Waals surface area contributed by atoms with Crippen molar-refractivity contribution in [1.29, 1.82) is 0 Å². The topological polar surface area (TPSA) is 112 Å². The maximum Gasteiger partial charge on any atom is 0.331 e. The Balaban J connectivity index is 1.18. The molecule has 6 aliphatic rings. The van der Waals surface area contributed by atoms with E-state index >= 15 is 0 Å². The molecule has 212 valence electrons. The van der Waals surface area contributed by atoms with Crippen molar-refractivity contribution in [3.05, 3.63) is 11.6 Å². The van der Waals surface area contributed by atoms with Gasteiger partial charge in [0.05, 0.1) is 23.9 Å². The third-order valence-corrected chi connectivity index (χ3v) is 12.0. The number of cyclic esters (lactones) is 1. The quantitative estimate of drug-likeness (QED) is 0.315. The third kappa shape index (κ3) is 3.88. The number of hydrogen-bond donors (Lipinski definition) is 2. The van der Waals surface area contributed by atoms with Gasteiger partial charge in [-0.2, -0.15) is 0 Å². The Kier molecular flexibility index (Phi) is 6.83. The van der Waals surface area contributed by atoms with E-state index in [9.17, 15) is 19.8 Å². The van der Waals surface area contributed by atoms with Gasteiger partial charge in [0.1, 0.15) is 19.0 Å². The molecular formula is C30H44O8. The number of rotatable bonds is 5. The van der Waals surface area contributed by atoms with Gasteiger partial charge in [0.2, 0.25) is 0 Å². The molecule has 1 saturated heterocycles. The van der Waals surface area contributed by atoms with Crippen LogP contribution in [-0.2, 0) is 28.5 Å². The Hall–Kier alpha value is -1.32. The van der Waals surface area contributed by atoms with Gasteiger partial charge in [0.15, 0.2) is 6.29 Å². The summed E-state index contributed by atoms with van der Waals surface area (Å²) in [5.74, 6) is 0.384. The highest BCUT2D eigenvalue weighted by Gasteiger charge is 2.68. The lowest BCUT2D eigenvalue weighted by Crippen LogP contribution is -2.63. The number of esters is 1. The smallest absolute Gasteiger partial charge is 0.331 e. The summed E-state index contributed by atoms with van der Waals surface area (Å²) in [5.41, 5.74) is -0.521. The summed E-state index contributed by atoms with van der Waals surface area (Å²) in [6, 6.07) is 0. The van der Waals surface area contributed by atoms with Gasteiger partial charge in [0.25, 0.3) is 0 Å². The first-order chi connectivity index (χ1) is 18.1. The summed E-state index contributed by atoms with van der Waals surface area (Å²) >= 11 is 0. The van der Waals surface area contributed by atoms with Crippen molar-refractivity contribution in [3.8, 4) is 0 Å². The second-order valence-electron chi connectivity index (χ2n) is 13.3. The highest BCUT2D eigenvalue weighted by molar-refractivity contribution is 5.85. The van der Waals surface area contributed by atoms with Crippen LogP contribution < -0.4 is 0 Å². The fourth-order valence-electron chi connectivity index (χ4n) is 9.96. The van der Waals surface area contributed by atoms with Crippen molar-refractivity contribution < 1.29 is 38.7 Å². The van der Waals surface area contributed by atoms with E-state index in [1.54, 1.807) is 13.2 Å². The SMILES string of the molecule is COC1C[C@H](O[C@H]2CC[C@]3(C=O)C4CC[C@]5(C)[C@@H](C6=CC(=O)OC6)CC[C@]5(O)C4CC[C@@H]3C2)OC(C)[C@H]1O. The molecular weight excluding hydrogens is 488 g/mol. The van der Waals surface area contributed by atoms with Crippen molar-refractivity contribution in [2.75, 3.05) is 13.7 Å². The van der Waals surface area contributed by atoms with E-state index in [1.165, 1.54) is 6.29 Å². The molecule has 8 heteroatoms. The predicted octanol–water partition coefficient (Wildman–Crippen LogP) is 3.32. The molecule has 0 amide bonds. The monoisotopic (exact) mass is 532 g/mol. The first-order valence-electron chi connectivity index (χ1n) is 14.7. The van der Waals surface area contributed by atoms with Crippen LogP contribution in [0.2, 0.25) is 0 Å². The van der Waals surface area contributed by atoms with Crippen LogP contribution in [-0.4, -0.2) is 72.5 Å². The summed E-state index contributed by atoms with van der Waals surface area (Å²) in [6.45, 7) is 4.40. The molecule has 4 aliphatic carbocycles. The second-order valence-corrected chi connectivity index (χ2v) is 13.3. The van der Waals surface area contributed by atoms with E-state index in [2.05, 4.69) is 6.92 Å². The fourth-order valence-corrected chi connectivity index (χ4v) is 9.96. The molecule has 0 aromatic carbocycles. The van der Waals surface area contributed by atoms with E-state index in [-0.39, 0.29) is 53.4 Å². The zero-order chi connectivity index (χ0) is 26.9. The molecule has 0 spiro atoms. The Morgan fingerprint density at radius 1 is 1.08 bits per heavy atom. The summed E-state index contributed by atoms with van der Waals surface area (Å²) in [4.78, 5) is 24.8. The van der Waals surface area contributed by atoms with E-state index < -0.39 is 23.4 Å². The van der Waals surface area contributed by atoms with Crippen LogP contribution in [0, 0.1) is 34.5 Å². The molecule has 38 heavy (non-hydrogen) atoms. The first-order valence-corrected chi connectivity index (χ1v) is 14.7. The molecule has 4 unspecified atom stereocenters. The van der Waals surface area contributed by atoms with Gasteiger partial charge in [-0.3, -0.25) is 0 Å². The lowest BCUT2D eigenvalue weighted by Gasteiger charge is -2.63. The minimum absolute atomic E-state index is 0.00854. The van der Waals surface area contributed by atoms with Crippen molar-refractivity contribution in [2.24, 2.45) is 34.5 Å². The van der Waals surface area contributed by atoms with Crippen LogP contribution in [0.25, 0.3) is 0 Å². The van der Waals surface area contributed by atoms with Crippen LogP contribution in [0.1, 0.15) is 78.1 Å². The van der Waals surface area contributed by atoms with Crippen molar-refractivity contribution in [1.82, 2.24) is 0 Å². The Labute approximate surface area is 225 Å². The fraction of sp³-hybridized carbons (Fsp3) is 0.867. The van der Waals surface area contributed by atoms with Gasteiger partial charge in [-0.25, -0.2) is 4.79 Å². The zero-order valence-corrected chi connectivity index (χ0v) is 23.0. The number of ether oxygens (including phenoxy) is 4. The van der Waals surface area contributed by atoms with Crippen LogP contribution >= 0.6 is 0 Å². The van der Waals surface area contributed by atoms with Gasteiger partial charge in [-0.05, 0) is 94.0 Å². The number of hydrogen-bond acceptors (Lipinski definition) is 8. The Morgan fingerprint density at radius 3 is 2.61 bits per heavy atom. The standard InChI is InChI=1S/C30H44O8/c1-17-27(33)24(35-3)14-26(37-17)38-20-6-10-29(16-31)19(13-20)4-5-23-22(29)7-9-28(2)21(8-11-30(23,28)34)18-12-25(32)36-15-18/h12,16-17,19-24,26-27,33-34H,4-11,13-15H2,1-3H3/t17?,19-,20+,21-,22?,23?,24?,26+,27-,28-,29-,30+/m1/s1. The number of aliphatic hydroxyl groups excluding tert-OH is 1. The van der Waals surface area contributed by atoms with Gasteiger partial charge in [-0.1, -0.05) is 6.92 Å². The molecule has 12 atom stereocenters. The lowest BCUT2D eigenvalue weighted by molar-refractivity contribution is -0.272. The van der Waals surface area contributed by atoms with Crippen LogP contribution in [0.5, 0.6) is 0 Å². The molecule has 6 rings (SSSR count). The van der Waals surface area contributed by atoms with Gasteiger partial charge < -0.3 is 34.0 Å². The third-order valence-electron chi connectivity index (χ3n) is 12.0. The number of aldehydes is 1. The average Bonchev–Trinajstić information content (AvgIpc) is 3.45. The highest BCUT2D eigenvalue weighted by Crippen LogP contribution is 2.69. The van der Waals surface area contributed by atoms with Crippen LogP contribution in [0.4, 0.5) is 0 Å². The van der Waals surface area contributed by atoms with E-state index in [4.69, 9.17) is 18.9 Å². The second kappa shape index (κ2) is 9.65. The molecule has 2 N–H and O–H groups in total. The van der Waals surface area contributed by atoms with Crippen LogP contribution in [0.3, 0.4) is 0 Å². The highest BCUT2D eigenvalue weighted by atomic mass is 16.7. The molecule has 8 nitrogen and oxygen atoms in total. The number of methoxy groups -OCH3 is 1. The van der Waals surface area contributed by atoms with Gasteiger partial charge >= 0.3 is 5.97 Å². The van der Waals surface area contributed by atoms with Crippen LogP contribution in [0.15, 0.2) is 11.6 Å². The number of aliphatic hydroxyl groups is 2. The summed E-state index contributed by atoms with van der Waals surface area (Å²) in [7, 11) is 1.61. The first kappa shape index (κ1) is 26.9. The maximum atomic E-state index is 13.0. The van der Waals surface area contributed by atoms with E-state index in [0.29, 0.717) is 13.0 Å². The molecule has 2 aliphatic heterocycles. The van der Waals surface area contributed by atoms with Crippen molar-refractivity contribution in [3.63, 3.8) is 0 Å². The number of carbonyl (C=O) groups excluding carboxylic acids is 2. The summed E-state index contributed by atoms with van der Waals surface area (Å²) < 4.78 is 23.1. The van der Waals surface area contributed by atoms with Gasteiger partial charge in [0, 0.05) is 30.4 Å². The Morgan fingerprint density at radius 2 is 1.89 bits per heavy atom. The molecule has 2 heterocycles. The minimum Gasteiger partial charge on any atom is -0.458 e. The van der Waals surface area contributed by atoms with Gasteiger partial charge in [-0.15, -0.1) is 0 Å². The Bertz CT molecular complexity index is 981. The molecule has 5 fully saturated rings. The predicted molar refractivity (Wildman–Crippen MR) is 137 cm³/mol. The average molecular weight is 533 g/mol. The molecule has 0 radical (unpaired) electrons. The van der Waals surface area contributed by atoms with E-state index in [0.717, 1.165) is 63.4 Å². The largest absolute Gasteiger partial charge is 0.458 e. The number of fused-ring (bicyclic) bond motifs is 5. The molecule has 4 saturated carbocycles. The van der Waals surface area contributed by atoms with E-state index in [1.807, 2.05) is 6.92 Å². The maximum absolute atomic E-state index is 13.0. The molecule has 0 aromatic rings. The van der Waals surface area contributed by atoms with Crippen molar-refractivity contribution >= 4 is 12.3 Å². The zero-order valence-electron chi connectivity index (χ0n) is 23.0. The van der Waals surface area contributed by atoms with Crippen molar-refractivity contribution in [2.45, 2.75) is 114 Å². The molecule has 0 bridgehead atoms. The summed E-state index contributed by atoms with van der Waals surface area (Å²) in [6.07, 6.45) is 9.21. The normalized spacial score (nSPS) is 52.4. The lowest BCUT2D eigenvalue weighted by atomic mass is 9.43.